The number of hydrogen-bond donors (Lipinski definition) is 0. The molecule has 0 saturated carbocycles. The minimum absolute atomic E-state index is 0.383. The van der Waals surface area contributed by atoms with Crippen LogP contribution in [0.4, 0.5) is 0 Å². The summed E-state index contributed by atoms with van der Waals surface area (Å²) in [6.45, 7) is 17.4. The SMILES string of the molecule is CCC(=O)CCCCCCC(C)(O[Si](C)(C)C)O[Si](C)(C)C. The second-order valence-corrected chi connectivity index (χ2v) is 17.2. The largest absolute Gasteiger partial charge is 0.392 e. The van der Waals surface area contributed by atoms with Crippen LogP contribution in [0, 0.1) is 0 Å². The van der Waals surface area contributed by atoms with E-state index in [9.17, 15) is 4.79 Å². The Morgan fingerprint density at radius 2 is 1.32 bits per heavy atom. The Morgan fingerprint density at radius 1 is 0.864 bits per heavy atom. The van der Waals surface area contributed by atoms with Gasteiger partial charge in [-0.3, -0.25) is 4.79 Å². The third kappa shape index (κ3) is 12.6. The molecule has 0 aliphatic carbocycles. The van der Waals surface area contributed by atoms with Crippen molar-refractivity contribution in [2.45, 2.75) is 104 Å². The van der Waals surface area contributed by atoms with Gasteiger partial charge in [-0.2, -0.15) is 0 Å². The van der Waals surface area contributed by atoms with Gasteiger partial charge in [0.1, 0.15) is 11.6 Å². The molecule has 0 aromatic heterocycles. The van der Waals surface area contributed by atoms with E-state index in [2.05, 4.69) is 46.2 Å². The molecule has 0 fully saturated rings. The van der Waals surface area contributed by atoms with Gasteiger partial charge in [-0.25, -0.2) is 0 Å². The number of carbonyl (C=O) groups is 1. The Bertz CT molecular complexity index is 314. The first-order valence-corrected chi connectivity index (χ1v) is 15.6. The molecule has 0 atom stereocenters. The van der Waals surface area contributed by atoms with Gasteiger partial charge in [-0.05, 0) is 65.5 Å². The highest BCUT2D eigenvalue weighted by molar-refractivity contribution is 6.71. The standard InChI is InChI=1S/C17H38O3Si2/c1-9-16(18)14-12-10-11-13-15-17(2,19-21(3,4)5)20-22(6,7)8/h9-15H2,1-8H3. The van der Waals surface area contributed by atoms with E-state index in [1.807, 2.05) is 6.92 Å². The molecule has 0 aliphatic heterocycles. The number of ketones is 1. The average molecular weight is 347 g/mol. The van der Waals surface area contributed by atoms with E-state index in [4.69, 9.17) is 8.85 Å². The third-order valence-electron chi connectivity index (χ3n) is 3.28. The molecule has 0 aromatic rings. The smallest absolute Gasteiger partial charge is 0.187 e. The van der Waals surface area contributed by atoms with Crippen LogP contribution in [-0.2, 0) is 13.6 Å². The van der Waals surface area contributed by atoms with Gasteiger partial charge in [0.15, 0.2) is 16.6 Å². The Kier molecular flexibility index (Phi) is 9.36. The third-order valence-corrected chi connectivity index (χ3v) is 5.36. The lowest BCUT2D eigenvalue weighted by Crippen LogP contribution is -2.48. The summed E-state index contributed by atoms with van der Waals surface area (Å²) in [5.74, 6) is -0.0530. The van der Waals surface area contributed by atoms with Crippen molar-refractivity contribution in [2.75, 3.05) is 0 Å². The zero-order valence-corrected chi connectivity index (χ0v) is 18.2. The molecule has 0 heterocycles. The normalized spacial score (nSPS) is 13.5. The van der Waals surface area contributed by atoms with Gasteiger partial charge in [-0.15, -0.1) is 0 Å². The van der Waals surface area contributed by atoms with Crippen molar-refractivity contribution >= 4 is 22.4 Å². The monoisotopic (exact) mass is 346 g/mol. The zero-order valence-electron chi connectivity index (χ0n) is 16.2. The molecular weight excluding hydrogens is 308 g/mol. The summed E-state index contributed by atoms with van der Waals surface area (Å²) in [6, 6.07) is 0. The molecule has 0 radical (unpaired) electrons. The van der Waals surface area contributed by atoms with Crippen LogP contribution in [0.1, 0.15) is 58.8 Å². The van der Waals surface area contributed by atoms with Crippen molar-refractivity contribution in [1.29, 1.82) is 0 Å². The molecule has 0 bridgehead atoms. The maximum absolute atomic E-state index is 11.3. The maximum Gasteiger partial charge on any atom is 0.187 e. The first kappa shape index (κ1) is 22.0. The lowest BCUT2D eigenvalue weighted by atomic mass is 10.1. The molecule has 5 heteroatoms. The Labute approximate surface area is 140 Å². The molecule has 0 rings (SSSR count). The van der Waals surface area contributed by atoms with E-state index >= 15 is 0 Å². The summed E-state index contributed by atoms with van der Waals surface area (Å²) >= 11 is 0. The molecular formula is C17H38O3Si2. The minimum Gasteiger partial charge on any atom is -0.392 e. The van der Waals surface area contributed by atoms with Crippen LogP contribution in [0.5, 0.6) is 0 Å². The average Bonchev–Trinajstić information content (AvgIpc) is 2.28. The van der Waals surface area contributed by atoms with Crippen LogP contribution in [0.2, 0.25) is 39.3 Å². The fourth-order valence-electron chi connectivity index (χ4n) is 2.72. The second-order valence-electron chi connectivity index (χ2n) is 8.37. The van der Waals surface area contributed by atoms with Crippen molar-refractivity contribution in [3.05, 3.63) is 0 Å². The molecule has 3 nitrogen and oxygen atoms in total. The Balaban J connectivity index is 4.28. The second kappa shape index (κ2) is 9.35. The highest BCUT2D eigenvalue weighted by Gasteiger charge is 2.36. The van der Waals surface area contributed by atoms with E-state index < -0.39 is 22.4 Å². The van der Waals surface area contributed by atoms with Crippen LogP contribution in [0.3, 0.4) is 0 Å². The fourth-order valence-corrected chi connectivity index (χ4v) is 5.68. The lowest BCUT2D eigenvalue weighted by molar-refractivity contribution is -0.120. The summed E-state index contributed by atoms with van der Waals surface area (Å²) in [5, 5.41) is 0. The summed E-state index contributed by atoms with van der Waals surface area (Å²) in [6.07, 6.45) is 6.76. The Morgan fingerprint density at radius 3 is 1.73 bits per heavy atom. The first-order valence-electron chi connectivity index (χ1n) is 8.79. The molecule has 0 unspecified atom stereocenters. The van der Waals surface area contributed by atoms with Gasteiger partial charge < -0.3 is 8.85 Å². The minimum atomic E-state index is -1.64. The molecule has 0 spiro atoms. The molecule has 0 saturated heterocycles. The summed E-state index contributed by atoms with van der Waals surface area (Å²) in [4.78, 5) is 11.3. The zero-order chi connectivity index (χ0) is 17.4. The van der Waals surface area contributed by atoms with Gasteiger partial charge >= 0.3 is 0 Å². The van der Waals surface area contributed by atoms with Crippen molar-refractivity contribution in [3.8, 4) is 0 Å². The quantitative estimate of drug-likeness (QED) is 0.257. The van der Waals surface area contributed by atoms with Crippen molar-refractivity contribution < 1.29 is 13.6 Å². The van der Waals surface area contributed by atoms with Gasteiger partial charge in [0.25, 0.3) is 0 Å². The van der Waals surface area contributed by atoms with Gasteiger partial charge in [0.05, 0.1) is 0 Å². The summed E-state index contributed by atoms with van der Waals surface area (Å²) in [7, 11) is -3.27. The van der Waals surface area contributed by atoms with E-state index in [-0.39, 0.29) is 0 Å². The number of Topliss-reactive ketones (excluding diaryl/α,β-unsaturated/α-hetero) is 1. The van der Waals surface area contributed by atoms with Gasteiger partial charge in [0.2, 0.25) is 0 Å². The molecule has 0 aromatic carbocycles. The molecule has 132 valence electrons. The van der Waals surface area contributed by atoms with Crippen LogP contribution >= 0.6 is 0 Å². The van der Waals surface area contributed by atoms with Gasteiger partial charge in [-0.1, -0.05) is 19.8 Å². The number of carbonyl (C=O) groups excluding carboxylic acids is 1. The van der Waals surface area contributed by atoms with Crippen LogP contribution < -0.4 is 0 Å². The van der Waals surface area contributed by atoms with Gasteiger partial charge in [0, 0.05) is 12.8 Å². The van der Waals surface area contributed by atoms with Crippen LogP contribution in [0.25, 0.3) is 0 Å². The van der Waals surface area contributed by atoms with Crippen LogP contribution in [0.15, 0.2) is 0 Å². The van der Waals surface area contributed by atoms with Crippen molar-refractivity contribution in [1.82, 2.24) is 0 Å². The van der Waals surface area contributed by atoms with E-state index in [1.165, 1.54) is 0 Å². The van der Waals surface area contributed by atoms with Crippen LogP contribution in [-0.4, -0.2) is 28.2 Å². The molecule has 0 N–H and O–H groups in total. The van der Waals surface area contributed by atoms with Crippen molar-refractivity contribution in [2.24, 2.45) is 0 Å². The molecule has 0 amide bonds. The predicted molar refractivity (Wildman–Crippen MR) is 100 cm³/mol. The fraction of sp³-hybridized carbons (Fsp3) is 0.941. The highest BCUT2D eigenvalue weighted by atomic mass is 28.4. The van der Waals surface area contributed by atoms with E-state index in [0.717, 1.165) is 38.5 Å². The maximum atomic E-state index is 11.3. The molecule has 22 heavy (non-hydrogen) atoms. The number of hydrogen-bond acceptors (Lipinski definition) is 3. The summed E-state index contributed by atoms with van der Waals surface area (Å²) < 4.78 is 12.7. The predicted octanol–water partition coefficient (Wildman–Crippen LogP) is 5.73. The summed E-state index contributed by atoms with van der Waals surface area (Å²) in [5.41, 5.74) is 0. The highest BCUT2D eigenvalue weighted by Crippen LogP contribution is 2.29. The number of rotatable bonds is 12. The van der Waals surface area contributed by atoms with E-state index in [1.54, 1.807) is 0 Å². The number of unbranched alkanes of at least 4 members (excludes halogenated alkanes) is 3. The molecule has 0 aliphatic rings. The lowest BCUT2D eigenvalue weighted by Gasteiger charge is -2.40. The van der Waals surface area contributed by atoms with E-state index in [0.29, 0.717) is 12.2 Å². The topological polar surface area (TPSA) is 35.5 Å². The first-order chi connectivity index (χ1) is 9.87. The Hall–Kier alpha value is 0.0238. The van der Waals surface area contributed by atoms with Crippen molar-refractivity contribution in [3.63, 3.8) is 0 Å².